The second-order valence-electron chi connectivity index (χ2n) is 9.66. The van der Waals surface area contributed by atoms with Gasteiger partial charge in [0.25, 0.3) is 5.91 Å². The Bertz CT molecular complexity index is 1230. The summed E-state index contributed by atoms with van der Waals surface area (Å²) in [7, 11) is 0. The van der Waals surface area contributed by atoms with Gasteiger partial charge in [-0.3, -0.25) is 14.4 Å². The first-order valence-corrected chi connectivity index (χ1v) is 11.9. The molecule has 1 unspecified atom stereocenters. The van der Waals surface area contributed by atoms with Crippen LogP contribution in [0.2, 0.25) is 0 Å². The van der Waals surface area contributed by atoms with Crippen LogP contribution in [0.3, 0.4) is 0 Å². The van der Waals surface area contributed by atoms with Gasteiger partial charge in [0.15, 0.2) is 11.4 Å². The Kier molecular flexibility index (Phi) is 5.61. The molecule has 1 aromatic heterocycles. The van der Waals surface area contributed by atoms with Crippen LogP contribution in [-0.4, -0.2) is 39.8 Å². The van der Waals surface area contributed by atoms with Crippen molar-refractivity contribution in [3.63, 3.8) is 0 Å². The smallest absolute Gasteiger partial charge is 0.313 e. The molecule has 0 bridgehead atoms. The summed E-state index contributed by atoms with van der Waals surface area (Å²) < 4.78 is 20.9. The second kappa shape index (κ2) is 8.51. The van der Waals surface area contributed by atoms with Crippen molar-refractivity contribution in [2.45, 2.75) is 57.6 Å². The fourth-order valence-electron chi connectivity index (χ4n) is 4.83. The Morgan fingerprint density at radius 1 is 1.31 bits per heavy atom. The molecule has 2 fully saturated rings. The van der Waals surface area contributed by atoms with Gasteiger partial charge in [0.05, 0.1) is 17.9 Å². The van der Waals surface area contributed by atoms with Gasteiger partial charge in [-0.25, -0.2) is 9.37 Å². The van der Waals surface area contributed by atoms with Crippen molar-refractivity contribution in [1.82, 2.24) is 9.88 Å². The van der Waals surface area contributed by atoms with E-state index < -0.39 is 29.3 Å². The topological polar surface area (TPSA) is 127 Å². The number of pyridine rings is 1. The van der Waals surface area contributed by atoms with Crippen LogP contribution in [0.15, 0.2) is 24.4 Å². The minimum absolute atomic E-state index is 0.0126. The molecule has 2 aliphatic heterocycles. The van der Waals surface area contributed by atoms with Crippen LogP contribution < -0.4 is 21.1 Å². The van der Waals surface area contributed by atoms with E-state index in [0.29, 0.717) is 49.3 Å². The molecule has 3 heterocycles. The van der Waals surface area contributed by atoms with E-state index in [0.717, 1.165) is 12.0 Å². The van der Waals surface area contributed by atoms with E-state index in [4.69, 9.17) is 10.5 Å². The number of anilines is 3. The number of rotatable bonds is 3. The van der Waals surface area contributed by atoms with Crippen molar-refractivity contribution >= 4 is 34.9 Å². The van der Waals surface area contributed by atoms with E-state index in [1.165, 1.54) is 17.2 Å². The summed E-state index contributed by atoms with van der Waals surface area (Å²) in [6.45, 7) is 4.29. The maximum atomic E-state index is 15.0. The van der Waals surface area contributed by atoms with Crippen LogP contribution >= 0.6 is 0 Å². The van der Waals surface area contributed by atoms with Crippen molar-refractivity contribution in [3.05, 3.63) is 41.3 Å². The van der Waals surface area contributed by atoms with Gasteiger partial charge in [0.1, 0.15) is 17.3 Å². The highest BCUT2D eigenvalue weighted by molar-refractivity contribution is 6.39. The Labute approximate surface area is 202 Å². The number of aryl methyl sites for hydroxylation is 1. The molecule has 1 saturated carbocycles. The first-order chi connectivity index (χ1) is 16.7. The van der Waals surface area contributed by atoms with Crippen LogP contribution in [0.25, 0.3) is 0 Å². The molecule has 9 nitrogen and oxygen atoms in total. The van der Waals surface area contributed by atoms with Gasteiger partial charge in [0.2, 0.25) is 0 Å². The quantitative estimate of drug-likeness (QED) is 0.578. The molecule has 1 saturated heterocycles. The van der Waals surface area contributed by atoms with Crippen LogP contribution in [0, 0.1) is 11.7 Å². The number of fused-ring (bicyclic) bond motifs is 1. The minimum atomic E-state index is -0.918. The SMILES string of the molecule is CCc1cc(NC(=O)C(=O)N2C[C@@H](C)CCC2c2cc(F)c3c(c2)OC2(CC2)C(=O)N3)cnc1N. The highest BCUT2D eigenvalue weighted by Crippen LogP contribution is 2.48. The van der Waals surface area contributed by atoms with E-state index >= 15 is 0 Å². The van der Waals surface area contributed by atoms with Crippen LogP contribution in [0.5, 0.6) is 5.75 Å². The minimum Gasteiger partial charge on any atom is -0.475 e. The van der Waals surface area contributed by atoms with E-state index in [9.17, 15) is 18.8 Å². The average molecular weight is 482 g/mol. The number of likely N-dealkylation sites (tertiary alicyclic amines) is 1. The predicted molar refractivity (Wildman–Crippen MR) is 127 cm³/mol. The molecule has 5 rings (SSSR count). The summed E-state index contributed by atoms with van der Waals surface area (Å²) in [5.41, 5.74) is 6.61. The molecular formula is C25H28FN5O4. The van der Waals surface area contributed by atoms with Crippen LogP contribution in [-0.2, 0) is 20.8 Å². The third-order valence-electron chi connectivity index (χ3n) is 7.04. The third-order valence-corrected chi connectivity index (χ3v) is 7.04. The van der Waals surface area contributed by atoms with E-state index in [2.05, 4.69) is 15.6 Å². The number of hydrogen-bond donors (Lipinski definition) is 3. The van der Waals surface area contributed by atoms with E-state index in [1.807, 2.05) is 13.8 Å². The maximum absolute atomic E-state index is 15.0. The fraction of sp³-hybridized carbons (Fsp3) is 0.440. The number of hydrogen-bond acceptors (Lipinski definition) is 6. The number of nitrogens with two attached hydrogens (primary N) is 1. The molecule has 0 radical (unpaired) electrons. The number of nitrogens with zero attached hydrogens (tertiary/aromatic N) is 2. The van der Waals surface area contributed by atoms with E-state index in [-0.39, 0.29) is 23.3 Å². The Hall–Kier alpha value is -3.69. The van der Waals surface area contributed by atoms with Gasteiger partial charge in [-0.1, -0.05) is 13.8 Å². The zero-order valence-corrected chi connectivity index (χ0v) is 19.7. The lowest BCUT2D eigenvalue weighted by Crippen LogP contribution is -2.46. The van der Waals surface area contributed by atoms with Crippen molar-refractivity contribution in [2.75, 3.05) is 22.9 Å². The van der Waals surface area contributed by atoms with Gasteiger partial charge < -0.3 is 26.0 Å². The molecule has 3 amide bonds. The summed E-state index contributed by atoms with van der Waals surface area (Å²) in [5, 5.41) is 5.23. The maximum Gasteiger partial charge on any atom is 0.313 e. The number of aromatic nitrogens is 1. The molecule has 184 valence electrons. The summed E-state index contributed by atoms with van der Waals surface area (Å²) in [6.07, 6.45) is 4.59. The standard InChI is InChI=1S/C25H28FN5O4/c1-3-14-8-16(11-28-21(14)27)29-22(32)23(33)31-12-13(2)4-5-18(31)15-9-17(26)20-19(10-15)35-25(6-7-25)24(34)30-20/h8-11,13,18H,3-7,12H2,1-2H3,(H2,27,28)(H,29,32)(H,30,34)/t13-,18?/m0/s1. The molecule has 4 N–H and O–H groups in total. The molecule has 2 aromatic rings. The number of carbonyl (C=O) groups excluding carboxylic acids is 3. The third kappa shape index (κ3) is 4.17. The number of nitrogen functional groups attached to an aromatic ring is 1. The summed E-state index contributed by atoms with van der Waals surface area (Å²) >= 11 is 0. The summed E-state index contributed by atoms with van der Waals surface area (Å²) in [5.74, 6) is -1.65. The number of piperidine rings is 1. The van der Waals surface area contributed by atoms with Gasteiger partial charge in [-0.2, -0.15) is 0 Å². The zero-order valence-electron chi connectivity index (χ0n) is 19.7. The summed E-state index contributed by atoms with van der Waals surface area (Å²) in [4.78, 5) is 44.0. The molecule has 1 aliphatic carbocycles. The lowest BCUT2D eigenvalue weighted by Gasteiger charge is -2.39. The van der Waals surface area contributed by atoms with Crippen LogP contribution in [0.1, 0.15) is 56.7 Å². The van der Waals surface area contributed by atoms with Crippen LogP contribution in [0.4, 0.5) is 21.6 Å². The highest BCUT2D eigenvalue weighted by Gasteiger charge is 2.56. The summed E-state index contributed by atoms with van der Waals surface area (Å²) in [6, 6.07) is 4.18. The normalized spacial score (nSPS) is 22.1. The first-order valence-electron chi connectivity index (χ1n) is 11.9. The van der Waals surface area contributed by atoms with Crippen molar-refractivity contribution in [1.29, 1.82) is 0 Å². The zero-order chi connectivity index (χ0) is 24.9. The van der Waals surface area contributed by atoms with Crippen molar-refractivity contribution < 1.29 is 23.5 Å². The molecule has 2 atom stereocenters. The highest BCUT2D eigenvalue weighted by atomic mass is 19.1. The van der Waals surface area contributed by atoms with Gasteiger partial charge >= 0.3 is 11.8 Å². The Morgan fingerprint density at radius 3 is 2.80 bits per heavy atom. The number of amides is 3. The van der Waals surface area contributed by atoms with Crippen molar-refractivity contribution in [2.24, 2.45) is 5.92 Å². The molecule has 1 aromatic carbocycles. The van der Waals surface area contributed by atoms with Gasteiger partial charge in [0, 0.05) is 19.4 Å². The Morgan fingerprint density at radius 2 is 2.09 bits per heavy atom. The lowest BCUT2D eigenvalue weighted by molar-refractivity contribution is -0.146. The number of ether oxygens (including phenoxy) is 1. The largest absolute Gasteiger partial charge is 0.475 e. The molecule has 3 aliphatic rings. The Balaban J connectivity index is 1.40. The number of carbonyl (C=O) groups is 3. The fourth-order valence-corrected chi connectivity index (χ4v) is 4.83. The molecule has 1 spiro atoms. The lowest BCUT2D eigenvalue weighted by atomic mass is 9.89. The van der Waals surface area contributed by atoms with Gasteiger partial charge in [-0.05, 0) is 54.5 Å². The number of halogens is 1. The number of nitrogens with one attached hydrogen (secondary N) is 2. The monoisotopic (exact) mass is 481 g/mol. The molecule has 35 heavy (non-hydrogen) atoms. The predicted octanol–water partition coefficient (Wildman–Crippen LogP) is 3.17. The number of benzene rings is 1. The molecule has 10 heteroatoms. The van der Waals surface area contributed by atoms with E-state index in [1.54, 1.807) is 12.1 Å². The molecular weight excluding hydrogens is 453 g/mol. The average Bonchev–Trinajstić information content (AvgIpc) is 3.61. The first kappa shape index (κ1) is 23.1. The van der Waals surface area contributed by atoms with Crippen molar-refractivity contribution in [3.8, 4) is 5.75 Å². The van der Waals surface area contributed by atoms with Gasteiger partial charge in [-0.15, -0.1) is 0 Å². The second-order valence-corrected chi connectivity index (χ2v) is 9.66.